The van der Waals surface area contributed by atoms with Crippen molar-refractivity contribution in [2.75, 3.05) is 25.1 Å². The maximum absolute atomic E-state index is 13.2. The first-order valence-corrected chi connectivity index (χ1v) is 12.8. The molecule has 5 rings (SSSR count). The van der Waals surface area contributed by atoms with Gasteiger partial charge in [-0.1, -0.05) is 30.3 Å². The summed E-state index contributed by atoms with van der Waals surface area (Å²) in [5.74, 6) is -0.376. The van der Waals surface area contributed by atoms with Crippen molar-refractivity contribution in [3.8, 4) is 5.75 Å². The Bertz CT molecular complexity index is 1070. The van der Waals surface area contributed by atoms with Crippen LogP contribution in [0.4, 0.5) is 5.69 Å². The summed E-state index contributed by atoms with van der Waals surface area (Å²) in [6, 6.07) is 15.4. The lowest BCUT2D eigenvalue weighted by Crippen LogP contribution is -2.48. The van der Waals surface area contributed by atoms with Crippen molar-refractivity contribution in [3.63, 3.8) is 0 Å². The summed E-state index contributed by atoms with van der Waals surface area (Å²) in [5.41, 5.74) is 2.65. The molecule has 192 valence electrons. The maximum atomic E-state index is 13.2. The van der Waals surface area contributed by atoms with Crippen molar-refractivity contribution < 1.29 is 28.9 Å². The fraction of sp³-hybridized carbons (Fsp3) is 0.500. The summed E-state index contributed by atoms with van der Waals surface area (Å²) >= 11 is 0. The highest BCUT2D eigenvalue weighted by molar-refractivity contribution is 5.95. The zero-order valence-electron chi connectivity index (χ0n) is 20.5. The molecular weight excluding hydrogens is 460 g/mol. The molecule has 2 saturated heterocycles. The van der Waals surface area contributed by atoms with Gasteiger partial charge in [0.15, 0.2) is 0 Å². The third-order valence-electron chi connectivity index (χ3n) is 7.43. The molecule has 8 heteroatoms. The van der Waals surface area contributed by atoms with E-state index in [0.717, 1.165) is 29.7 Å². The number of ether oxygens (including phenoxy) is 3. The highest BCUT2D eigenvalue weighted by atomic mass is 16.5. The Kier molecular flexibility index (Phi) is 7.55. The van der Waals surface area contributed by atoms with E-state index in [2.05, 4.69) is 10.6 Å². The second-order valence-electron chi connectivity index (χ2n) is 9.92. The Labute approximate surface area is 211 Å². The molecule has 5 atom stereocenters. The van der Waals surface area contributed by atoms with Gasteiger partial charge in [-0.15, -0.1) is 0 Å². The number of aliphatic hydroxyl groups is 1. The number of carbonyl (C=O) groups is 2. The number of hydrogen-bond donors (Lipinski definition) is 3. The summed E-state index contributed by atoms with van der Waals surface area (Å²) in [6.45, 7) is 2.98. The number of benzene rings is 2. The van der Waals surface area contributed by atoms with Gasteiger partial charge in [-0.3, -0.25) is 9.59 Å². The quantitative estimate of drug-likeness (QED) is 0.545. The maximum Gasteiger partial charge on any atom is 0.230 e. The van der Waals surface area contributed by atoms with Gasteiger partial charge in [0.2, 0.25) is 11.8 Å². The van der Waals surface area contributed by atoms with E-state index in [-0.39, 0.29) is 42.9 Å². The van der Waals surface area contributed by atoms with Crippen LogP contribution in [0.3, 0.4) is 0 Å². The largest absolute Gasteiger partial charge is 0.490 e. The predicted molar refractivity (Wildman–Crippen MR) is 134 cm³/mol. The van der Waals surface area contributed by atoms with Crippen LogP contribution in [0.15, 0.2) is 48.5 Å². The molecule has 2 bridgehead atoms. The van der Waals surface area contributed by atoms with E-state index in [4.69, 9.17) is 14.2 Å². The van der Waals surface area contributed by atoms with E-state index >= 15 is 0 Å². The van der Waals surface area contributed by atoms with E-state index in [0.29, 0.717) is 25.3 Å². The minimum Gasteiger partial charge on any atom is -0.490 e. The van der Waals surface area contributed by atoms with E-state index in [1.165, 1.54) is 0 Å². The molecule has 36 heavy (non-hydrogen) atoms. The number of aliphatic hydroxyl groups excluding tert-OH is 1. The molecule has 3 N–H and O–H groups in total. The monoisotopic (exact) mass is 494 g/mol. The fourth-order valence-corrected chi connectivity index (χ4v) is 5.59. The van der Waals surface area contributed by atoms with E-state index in [1.807, 2.05) is 55.5 Å². The smallest absolute Gasteiger partial charge is 0.230 e. The van der Waals surface area contributed by atoms with Crippen LogP contribution in [-0.4, -0.2) is 55.1 Å². The molecule has 3 heterocycles. The molecule has 8 nitrogen and oxygen atoms in total. The van der Waals surface area contributed by atoms with Crippen molar-refractivity contribution in [2.45, 2.75) is 62.9 Å². The zero-order valence-corrected chi connectivity index (χ0v) is 20.5. The van der Waals surface area contributed by atoms with Crippen LogP contribution < -0.4 is 15.4 Å². The average Bonchev–Trinajstić information content (AvgIpc) is 3.00. The Balaban J connectivity index is 1.35. The summed E-state index contributed by atoms with van der Waals surface area (Å²) in [7, 11) is 0. The van der Waals surface area contributed by atoms with Crippen LogP contribution in [0.2, 0.25) is 0 Å². The van der Waals surface area contributed by atoms with Gasteiger partial charge in [0.25, 0.3) is 0 Å². The molecule has 0 radical (unpaired) electrons. The van der Waals surface area contributed by atoms with Gasteiger partial charge < -0.3 is 30.0 Å². The lowest BCUT2D eigenvalue weighted by atomic mass is 9.76. The molecule has 2 fully saturated rings. The number of amides is 2. The molecule has 2 amide bonds. The van der Waals surface area contributed by atoms with Crippen molar-refractivity contribution in [2.24, 2.45) is 5.92 Å². The molecule has 3 aliphatic heterocycles. The van der Waals surface area contributed by atoms with Gasteiger partial charge in [0.05, 0.1) is 50.4 Å². The molecule has 0 spiro atoms. The summed E-state index contributed by atoms with van der Waals surface area (Å²) < 4.78 is 18.0. The Hall–Kier alpha value is -2.94. The van der Waals surface area contributed by atoms with Crippen LogP contribution in [0.1, 0.15) is 55.7 Å². The van der Waals surface area contributed by atoms with E-state index in [9.17, 15) is 14.7 Å². The third-order valence-corrected chi connectivity index (χ3v) is 7.43. The second-order valence-corrected chi connectivity index (χ2v) is 9.92. The first-order chi connectivity index (χ1) is 17.5. The molecule has 0 aliphatic carbocycles. The van der Waals surface area contributed by atoms with E-state index in [1.54, 1.807) is 0 Å². The normalized spacial score (nSPS) is 26.8. The summed E-state index contributed by atoms with van der Waals surface area (Å²) in [6.07, 6.45) is 1.17. The number of hydrogen-bond acceptors (Lipinski definition) is 6. The lowest BCUT2D eigenvalue weighted by molar-refractivity contribution is -0.148. The standard InChI is InChI=1S/C28H34N2O6/c1-17(18-5-3-2-4-6-18)29-26(32)15-21-14-23-22-13-19(30-28(33)27(23)25(16-31)36-21)7-8-24(22)35-20-9-11-34-12-10-20/h2-8,13,17,20-21,23,25,27,31H,9-12,14-16H2,1H3,(H,29,32)(H,30,33)/t17-,21-,23+,25+,27-/m1/s1. The second kappa shape index (κ2) is 11.0. The van der Waals surface area contributed by atoms with Crippen LogP contribution >= 0.6 is 0 Å². The van der Waals surface area contributed by atoms with Crippen molar-refractivity contribution in [1.82, 2.24) is 5.32 Å². The van der Waals surface area contributed by atoms with Crippen LogP contribution in [-0.2, 0) is 19.1 Å². The zero-order chi connectivity index (χ0) is 25.1. The molecule has 2 aromatic rings. The number of fused-ring (bicyclic) bond motifs is 4. The lowest BCUT2D eigenvalue weighted by Gasteiger charge is -2.40. The Morgan fingerprint density at radius 3 is 2.72 bits per heavy atom. The van der Waals surface area contributed by atoms with Gasteiger partial charge >= 0.3 is 0 Å². The Morgan fingerprint density at radius 1 is 1.19 bits per heavy atom. The van der Waals surface area contributed by atoms with Crippen LogP contribution in [0.5, 0.6) is 5.75 Å². The number of carbonyl (C=O) groups excluding carboxylic acids is 2. The Morgan fingerprint density at radius 2 is 1.97 bits per heavy atom. The first-order valence-electron chi connectivity index (χ1n) is 12.8. The molecule has 0 unspecified atom stereocenters. The third kappa shape index (κ3) is 5.40. The molecular formula is C28H34N2O6. The van der Waals surface area contributed by atoms with Gasteiger partial charge in [-0.25, -0.2) is 0 Å². The van der Waals surface area contributed by atoms with Crippen molar-refractivity contribution in [3.05, 3.63) is 59.7 Å². The van der Waals surface area contributed by atoms with Gasteiger partial charge in [-0.2, -0.15) is 0 Å². The molecule has 0 aromatic heterocycles. The van der Waals surface area contributed by atoms with Gasteiger partial charge in [0, 0.05) is 30.0 Å². The van der Waals surface area contributed by atoms with Crippen LogP contribution in [0, 0.1) is 5.92 Å². The van der Waals surface area contributed by atoms with Gasteiger partial charge in [0.1, 0.15) is 11.9 Å². The number of nitrogens with one attached hydrogen (secondary N) is 2. The molecule has 3 aliphatic rings. The topological polar surface area (TPSA) is 106 Å². The minimum absolute atomic E-state index is 0.0562. The van der Waals surface area contributed by atoms with Crippen molar-refractivity contribution in [1.29, 1.82) is 0 Å². The minimum atomic E-state index is -0.710. The van der Waals surface area contributed by atoms with Crippen molar-refractivity contribution >= 4 is 17.5 Å². The fourth-order valence-electron chi connectivity index (χ4n) is 5.59. The number of rotatable bonds is 7. The van der Waals surface area contributed by atoms with E-state index < -0.39 is 18.1 Å². The first kappa shape index (κ1) is 24.7. The number of anilines is 1. The highest BCUT2D eigenvalue weighted by Crippen LogP contribution is 2.46. The highest BCUT2D eigenvalue weighted by Gasteiger charge is 2.46. The van der Waals surface area contributed by atoms with Crippen LogP contribution in [0.25, 0.3) is 0 Å². The molecule has 0 saturated carbocycles. The SMILES string of the molecule is C[C@@H](NC(=O)C[C@H]1C[C@H]2c3cc(ccc3OC3CCOCC3)NC(=O)[C@H]2[C@H](CO)O1)c1ccccc1. The predicted octanol–water partition coefficient (Wildman–Crippen LogP) is 3.31. The summed E-state index contributed by atoms with van der Waals surface area (Å²) in [4.78, 5) is 26.1. The average molecular weight is 495 g/mol. The summed E-state index contributed by atoms with van der Waals surface area (Å²) in [5, 5.41) is 16.2. The molecule has 2 aromatic carbocycles. The van der Waals surface area contributed by atoms with Gasteiger partial charge in [-0.05, 0) is 37.1 Å².